The standard InChI is InChI=1S/C21H24N4O4S/c1-22-18-9-8-17(15-19(18)23(2)21(22)27)30(28,29)25-12-10-24(11-13-25)20(26)14-16-6-4-3-5-7-16/h3-9,15H,10-14H2,1-2H3. The summed E-state index contributed by atoms with van der Waals surface area (Å²) in [6.45, 7) is 1.21. The molecule has 2 heterocycles. The van der Waals surface area contributed by atoms with Gasteiger partial charge in [0.1, 0.15) is 0 Å². The Bertz CT molecular complexity index is 1250. The van der Waals surface area contributed by atoms with E-state index in [1.165, 1.54) is 19.5 Å². The van der Waals surface area contributed by atoms with E-state index >= 15 is 0 Å². The van der Waals surface area contributed by atoms with Crippen molar-refractivity contribution in [2.75, 3.05) is 26.2 Å². The van der Waals surface area contributed by atoms with Crippen LogP contribution in [0.1, 0.15) is 5.56 Å². The van der Waals surface area contributed by atoms with Crippen molar-refractivity contribution in [3.8, 4) is 0 Å². The van der Waals surface area contributed by atoms with E-state index < -0.39 is 10.0 Å². The fraction of sp³-hybridized carbons (Fsp3) is 0.333. The molecule has 0 radical (unpaired) electrons. The average Bonchev–Trinajstić information content (AvgIpc) is 2.98. The number of imidazole rings is 1. The van der Waals surface area contributed by atoms with Gasteiger partial charge in [-0.2, -0.15) is 4.31 Å². The van der Waals surface area contributed by atoms with Crippen LogP contribution in [0.15, 0.2) is 58.2 Å². The minimum atomic E-state index is -3.71. The molecular weight excluding hydrogens is 404 g/mol. The molecule has 1 amide bonds. The Morgan fingerprint density at radius 3 is 2.20 bits per heavy atom. The number of aromatic nitrogens is 2. The third-order valence-corrected chi connectivity index (χ3v) is 7.57. The number of amides is 1. The Hall–Kier alpha value is -2.91. The van der Waals surface area contributed by atoms with Crippen molar-refractivity contribution < 1.29 is 13.2 Å². The molecule has 1 fully saturated rings. The maximum atomic E-state index is 13.1. The topological polar surface area (TPSA) is 84.6 Å². The molecule has 0 bridgehead atoms. The number of nitrogens with zero attached hydrogens (tertiary/aromatic N) is 4. The maximum absolute atomic E-state index is 13.1. The van der Waals surface area contributed by atoms with E-state index in [1.807, 2.05) is 30.3 Å². The molecule has 0 atom stereocenters. The molecule has 9 heteroatoms. The second kappa shape index (κ2) is 7.73. The average molecular weight is 429 g/mol. The first kappa shape index (κ1) is 20.4. The lowest BCUT2D eigenvalue weighted by molar-refractivity contribution is -0.131. The normalized spacial score (nSPS) is 15.6. The lowest BCUT2D eigenvalue weighted by Gasteiger charge is -2.34. The fourth-order valence-corrected chi connectivity index (χ4v) is 5.30. The van der Waals surface area contributed by atoms with Gasteiger partial charge in [-0.1, -0.05) is 30.3 Å². The van der Waals surface area contributed by atoms with Crippen LogP contribution >= 0.6 is 0 Å². The largest absolute Gasteiger partial charge is 0.340 e. The van der Waals surface area contributed by atoms with Gasteiger partial charge in [0, 0.05) is 40.3 Å². The lowest BCUT2D eigenvalue weighted by Crippen LogP contribution is -2.50. The molecule has 8 nitrogen and oxygen atoms in total. The predicted molar refractivity (Wildman–Crippen MR) is 114 cm³/mol. The zero-order valence-corrected chi connectivity index (χ0v) is 17.8. The molecule has 0 saturated carbocycles. The first-order chi connectivity index (χ1) is 14.3. The van der Waals surface area contributed by atoms with Gasteiger partial charge in [0.15, 0.2) is 0 Å². The molecule has 4 rings (SSSR count). The molecule has 2 aromatic carbocycles. The molecular formula is C21H24N4O4S. The fourth-order valence-electron chi connectivity index (χ4n) is 3.86. The Kier molecular flexibility index (Phi) is 5.25. The molecule has 0 spiro atoms. The van der Waals surface area contributed by atoms with Gasteiger partial charge in [0.2, 0.25) is 15.9 Å². The molecule has 1 aliphatic heterocycles. The Morgan fingerprint density at radius 2 is 1.53 bits per heavy atom. The Balaban J connectivity index is 1.49. The van der Waals surface area contributed by atoms with Gasteiger partial charge in [-0.25, -0.2) is 13.2 Å². The summed E-state index contributed by atoms with van der Waals surface area (Å²) < 4.78 is 30.6. The van der Waals surface area contributed by atoms with Gasteiger partial charge in [-0.3, -0.25) is 13.9 Å². The molecule has 30 heavy (non-hydrogen) atoms. The first-order valence-electron chi connectivity index (χ1n) is 9.76. The maximum Gasteiger partial charge on any atom is 0.328 e. The van der Waals surface area contributed by atoms with Gasteiger partial charge < -0.3 is 4.90 Å². The smallest absolute Gasteiger partial charge is 0.328 e. The molecule has 3 aromatic rings. The first-order valence-corrected chi connectivity index (χ1v) is 11.2. The van der Waals surface area contributed by atoms with Crippen LogP contribution in [0.3, 0.4) is 0 Å². The second-order valence-corrected chi connectivity index (χ2v) is 9.44. The monoisotopic (exact) mass is 428 g/mol. The molecule has 1 aliphatic rings. The van der Waals surface area contributed by atoms with Gasteiger partial charge >= 0.3 is 5.69 Å². The summed E-state index contributed by atoms with van der Waals surface area (Å²) in [5, 5.41) is 0. The molecule has 1 aromatic heterocycles. The minimum absolute atomic E-state index is 0.000969. The number of benzene rings is 2. The highest BCUT2D eigenvalue weighted by molar-refractivity contribution is 7.89. The number of hydrogen-bond donors (Lipinski definition) is 0. The van der Waals surface area contributed by atoms with Crippen LogP contribution in [-0.4, -0.2) is 58.8 Å². The molecule has 158 valence electrons. The van der Waals surface area contributed by atoms with Crippen molar-refractivity contribution in [2.45, 2.75) is 11.3 Å². The number of fused-ring (bicyclic) bond motifs is 1. The molecule has 0 N–H and O–H groups in total. The molecule has 1 saturated heterocycles. The van der Waals surface area contributed by atoms with Gasteiger partial charge in [0.25, 0.3) is 0 Å². The van der Waals surface area contributed by atoms with Crippen LogP contribution in [0.25, 0.3) is 11.0 Å². The zero-order chi connectivity index (χ0) is 21.5. The Morgan fingerprint density at radius 1 is 0.900 bits per heavy atom. The summed E-state index contributed by atoms with van der Waals surface area (Å²) >= 11 is 0. The van der Waals surface area contributed by atoms with Crippen molar-refractivity contribution >= 4 is 27.0 Å². The predicted octanol–water partition coefficient (Wildman–Crippen LogP) is 0.953. The van der Waals surface area contributed by atoms with Crippen LogP contribution in [0, 0.1) is 0 Å². The van der Waals surface area contributed by atoms with E-state index in [-0.39, 0.29) is 29.6 Å². The third-order valence-electron chi connectivity index (χ3n) is 5.67. The summed E-state index contributed by atoms with van der Waals surface area (Å²) in [6.07, 6.45) is 0.312. The van der Waals surface area contributed by atoms with E-state index in [0.29, 0.717) is 30.5 Å². The number of piperazine rings is 1. The van der Waals surface area contributed by atoms with E-state index in [9.17, 15) is 18.0 Å². The van der Waals surface area contributed by atoms with E-state index in [1.54, 1.807) is 31.1 Å². The van der Waals surface area contributed by atoms with Crippen LogP contribution < -0.4 is 5.69 Å². The van der Waals surface area contributed by atoms with Crippen LogP contribution in [0.2, 0.25) is 0 Å². The summed E-state index contributed by atoms with van der Waals surface area (Å²) in [5.74, 6) is -0.000969. The highest BCUT2D eigenvalue weighted by atomic mass is 32.2. The number of carbonyl (C=O) groups excluding carboxylic acids is 1. The highest BCUT2D eigenvalue weighted by Gasteiger charge is 2.30. The SMILES string of the molecule is Cn1c(=O)n(C)c2cc(S(=O)(=O)N3CCN(C(=O)Cc4ccccc4)CC3)ccc21. The summed E-state index contributed by atoms with van der Waals surface area (Å²) in [6, 6.07) is 14.2. The van der Waals surface area contributed by atoms with Gasteiger partial charge in [0.05, 0.1) is 22.3 Å². The lowest BCUT2D eigenvalue weighted by atomic mass is 10.1. The van der Waals surface area contributed by atoms with Gasteiger partial charge in [-0.05, 0) is 23.8 Å². The summed E-state index contributed by atoms with van der Waals surface area (Å²) in [7, 11) is -0.431. The third kappa shape index (κ3) is 3.54. The number of sulfonamides is 1. The number of carbonyl (C=O) groups is 1. The van der Waals surface area contributed by atoms with Crippen LogP contribution in [-0.2, 0) is 35.3 Å². The zero-order valence-electron chi connectivity index (χ0n) is 17.0. The van der Waals surface area contributed by atoms with Crippen molar-refractivity contribution in [2.24, 2.45) is 14.1 Å². The number of rotatable bonds is 4. The van der Waals surface area contributed by atoms with E-state index in [4.69, 9.17) is 0 Å². The summed E-state index contributed by atoms with van der Waals surface area (Å²) in [5.41, 5.74) is 1.99. The van der Waals surface area contributed by atoms with Crippen LogP contribution in [0.5, 0.6) is 0 Å². The Labute approximate surface area is 175 Å². The number of aryl methyl sites for hydroxylation is 2. The quantitative estimate of drug-likeness (QED) is 0.619. The van der Waals surface area contributed by atoms with Crippen molar-refractivity contribution in [1.82, 2.24) is 18.3 Å². The number of hydrogen-bond acceptors (Lipinski definition) is 4. The van der Waals surface area contributed by atoms with E-state index in [2.05, 4.69) is 0 Å². The van der Waals surface area contributed by atoms with Crippen LogP contribution in [0.4, 0.5) is 0 Å². The molecule has 0 unspecified atom stereocenters. The minimum Gasteiger partial charge on any atom is -0.340 e. The van der Waals surface area contributed by atoms with Crippen molar-refractivity contribution in [3.05, 3.63) is 64.6 Å². The van der Waals surface area contributed by atoms with Gasteiger partial charge in [-0.15, -0.1) is 0 Å². The molecule has 0 aliphatic carbocycles. The van der Waals surface area contributed by atoms with Crippen molar-refractivity contribution in [1.29, 1.82) is 0 Å². The van der Waals surface area contributed by atoms with Crippen molar-refractivity contribution in [3.63, 3.8) is 0 Å². The second-order valence-electron chi connectivity index (χ2n) is 7.50. The van der Waals surface area contributed by atoms with E-state index in [0.717, 1.165) is 5.56 Å². The summed E-state index contributed by atoms with van der Waals surface area (Å²) in [4.78, 5) is 26.5. The highest BCUT2D eigenvalue weighted by Crippen LogP contribution is 2.22.